The lowest BCUT2D eigenvalue weighted by Crippen LogP contribution is -2.60. The molecule has 10 aliphatic rings. The fourth-order valence-electron chi connectivity index (χ4n) is 17.0. The molecule has 0 aromatic heterocycles. The number of carboxylic acid groups (broad SMARTS) is 1. The van der Waals surface area contributed by atoms with Gasteiger partial charge in [0.2, 0.25) is 37.8 Å². The highest BCUT2D eigenvalue weighted by atomic mass is 32.2. The van der Waals surface area contributed by atoms with Gasteiger partial charge in [-0.1, -0.05) is 91.5 Å². The molecule has 10 atom stereocenters. The Morgan fingerprint density at radius 2 is 0.955 bits per heavy atom. The maximum atomic E-state index is 14.8. The normalized spacial score (nSPS) is 28.9. The number of nitrogens with two attached hydrogens (primary N) is 1. The average molecular weight is 1580 g/mol. The molecule has 2 saturated heterocycles. The van der Waals surface area contributed by atoms with E-state index >= 15 is 0 Å². The number of nitrogens with zero attached hydrogens (tertiary/aromatic N) is 4. The van der Waals surface area contributed by atoms with Crippen molar-refractivity contribution in [2.24, 2.45) is 40.2 Å². The summed E-state index contributed by atoms with van der Waals surface area (Å²) in [5, 5.41) is 22.0. The van der Waals surface area contributed by atoms with Crippen molar-refractivity contribution in [2.45, 2.75) is 240 Å². The maximum Gasteiger partial charge on any atom is 0.407 e. The number of carbonyl (C=O) groups excluding carboxylic acids is 7. The molecular formula is C82H116N10O17S2. The van der Waals surface area contributed by atoms with Gasteiger partial charge in [-0.3, -0.25) is 33.4 Å². The zero-order valence-electron chi connectivity index (χ0n) is 66.6. The number of anilines is 2. The average Bonchev–Trinajstić information content (AvgIpc) is 1.55. The van der Waals surface area contributed by atoms with Crippen LogP contribution in [0.4, 0.5) is 21.0 Å². The third kappa shape index (κ3) is 18.2. The van der Waals surface area contributed by atoms with E-state index in [-0.39, 0.29) is 62.1 Å². The third-order valence-electron chi connectivity index (χ3n) is 24.6. The molecule has 608 valence electrons. The van der Waals surface area contributed by atoms with Crippen molar-refractivity contribution >= 4 is 101 Å². The molecule has 4 heterocycles. The summed E-state index contributed by atoms with van der Waals surface area (Å²) in [5.74, 6) is -3.05. The number of ether oxygens (including phenoxy) is 4. The van der Waals surface area contributed by atoms with Crippen molar-refractivity contribution < 1.29 is 79.2 Å². The Morgan fingerprint density at radius 3 is 1.36 bits per heavy atom. The summed E-state index contributed by atoms with van der Waals surface area (Å²) in [5.41, 5.74) is 6.43. The highest BCUT2D eigenvalue weighted by Gasteiger charge is 2.68. The fourth-order valence-corrected chi connectivity index (χ4v) is 19.8. The lowest BCUT2D eigenvalue weighted by molar-refractivity contribution is -0.150. The maximum absolute atomic E-state index is 14.8. The Labute approximate surface area is 653 Å². The highest BCUT2D eigenvalue weighted by Crippen LogP contribution is 2.58. The first kappa shape index (κ1) is 82.6. The number of carbonyl (C=O) groups is 8. The quantitative estimate of drug-likeness (QED) is 0.0584. The molecule has 4 aromatic rings. The second-order valence-electron chi connectivity index (χ2n) is 35.6. The Kier molecular flexibility index (Phi) is 23.7. The van der Waals surface area contributed by atoms with Crippen LogP contribution >= 0.6 is 0 Å². The number of hydrogen-bond acceptors (Lipinski definition) is 19. The number of nitrogens with one attached hydrogen (secondary N) is 5. The van der Waals surface area contributed by atoms with Gasteiger partial charge in [-0.2, -0.15) is 0 Å². The van der Waals surface area contributed by atoms with Crippen molar-refractivity contribution in [3.8, 4) is 0 Å². The predicted octanol–water partition coefficient (Wildman–Crippen LogP) is 8.91. The summed E-state index contributed by atoms with van der Waals surface area (Å²) in [6, 6.07) is 16.8. The minimum absolute atomic E-state index is 0.000811. The largest absolute Gasteiger partial charge is 0.480 e. The lowest BCUT2D eigenvalue weighted by atomic mass is 9.85. The molecule has 8 N–H and O–H groups in total. The summed E-state index contributed by atoms with van der Waals surface area (Å²) in [6.07, 6.45) is 15.1. The van der Waals surface area contributed by atoms with Crippen molar-refractivity contribution in [3.63, 3.8) is 0 Å². The zero-order chi connectivity index (χ0) is 80.3. The number of hydrogen-bond donors (Lipinski definition) is 7. The second-order valence-corrected chi connectivity index (χ2v) is 39.5. The molecule has 7 amide bonds. The van der Waals surface area contributed by atoms with Crippen molar-refractivity contribution in [1.82, 2.24) is 35.2 Å². The molecule has 0 spiro atoms. The lowest BCUT2D eigenvalue weighted by Gasteiger charge is -2.36. The second kappa shape index (κ2) is 31.8. The van der Waals surface area contributed by atoms with Crippen LogP contribution in [0.25, 0.3) is 21.5 Å². The number of carboxylic acids is 1. The molecule has 10 bridgehead atoms. The Balaban J connectivity index is 0.000000177. The van der Waals surface area contributed by atoms with E-state index in [1.54, 1.807) is 14.2 Å². The zero-order valence-corrected chi connectivity index (χ0v) is 68.2. The van der Waals surface area contributed by atoms with Gasteiger partial charge in [0.1, 0.15) is 40.9 Å². The first-order chi connectivity index (χ1) is 52.3. The van der Waals surface area contributed by atoms with Gasteiger partial charge in [0, 0.05) is 66.6 Å². The van der Waals surface area contributed by atoms with E-state index in [9.17, 15) is 60.3 Å². The molecule has 6 aliphatic carbocycles. The minimum atomic E-state index is -3.86. The number of cyclic esters (lactones) is 2. The van der Waals surface area contributed by atoms with Crippen molar-refractivity contribution in [1.29, 1.82) is 0 Å². The standard InChI is InChI=1S/C41H57N5O8S.C31H43N3O6.C10H16N2O3S/c1-39(2,3)34-36(48)46-24-40(53-6,23-33(46)35(47)43-41(22-31(41)25-12-13-25)37(49)44-55(51,52)30-16-17-30)29-15-14-26-21-32(45(4)5)27(19-28(26)20-29)11-9-7-8-10-18-54-38(50)42-34;1-30(2,3)26-27(35)34-19-31(39-6,18-25(34)28(36)37)23-13-12-20-17-24(33(4)5)21(15-22(20)16-23)11-9-7-8-10-14-40-29(38)32-26;11-10(5-8(10)6-1-2-6)9(13)12-16(14,15)7-3-4-7/h14-15,19-21,25,30-31,33-34H,7-13,16-18,22-24H2,1-6H3,(H,42,50)(H,43,47)(H,44,49);12-13,15-17,25-26H,7-11,14,18-19H2,1-6H3,(H,32,38)(H,36,37);6-8H,1-5,11H2,(H,12,13)/t31-,33-,34+,40-,41+;25-,26+,31-;8-,10+/m000/s1. The van der Waals surface area contributed by atoms with Crippen molar-refractivity contribution in [2.75, 3.05) is 78.5 Å². The molecule has 8 fully saturated rings. The Bertz CT molecular complexity index is 4490. The number of benzene rings is 4. The molecule has 4 aromatic carbocycles. The van der Waals surface area contributed by atoms with Crippen LogP contribution in [0.5, 0.6) is 0 Å². The van der Waals surface area contributed by atoms with Crippen LogP contribution in [0.3, 0.4) is 0 Å². The van der Waals surface area contributed by atoms with Crippen LogP contribution in [0, 0.1) is 34.5 Å². The van der Waals surface area contributed by atoms with Gasteiger partial charge in [0.05, 0.1) is 42.3 Å². The van der Waals surface area contributed by atoms with E-state index in [4.69, 9.17) is 24.7 Å². The van der Waals surface area contributed by atoms with E-state index in [0.717, 1.165) is 122 Å². The summed E-state index contributed by atoms with van der Waals surface area (Å²) in [7, 11) is 4.00. The number of fused-ring (bicyclic) bond motifs is 10. The first-order valence-corrected chi connectivity index (χ1v) is 42.9. The first-order valence-electron chi connectivity index (χ1n) is 39.8. The number of sulfonamides is 2. The molecule has 0 unspecified atom stereocenters. The fraction of sp³-hybridized carbons (Fsp3) is 0.659. The van der Waals surface area contributed by atoms with E-state index < -0.39 is 130 Å². The van der Waals surface area contributed by atoms with Crippen LogP contribution in [0.1, 0.15) is 192 Å². The summed E-state index contributed by atoms with van der Waals surface area (Å²) in [6.45, 7) is 11.5. The van der Waals surface area contributed by atoms with Gasteiger partial charge < -0.3 is 65.3 Å². The molecule has 111 heavy (non-hydrogen) atoms. The van der Waals surface area contributed by atoms with Crippen LogP contribution in [0.15, 0.2) is 60.7 Å². The summed E-state index contributed by atoms with van der Waals surface area (Å²) in [4.78, 5) is 115. The van der Waals surface area contributed by atoms with Gasteiger partial charge in [0.25, 0.3) is 11.8 Å². The van der Waals surface area contributed by atoms with E-state index in [1.165, 1.54) is 26.6 Å². The van der Waals surface area contributed by atoms with Gasteiger partial charge in [-0.15, -0.1) is 0 Å². The van der Waals surface area contributed by atoms with Crippen LogP contribution in [0.2, 0.25) is 0 Å². The molecule has 6 saturated carbocycles. The van der Waals surface area contributed by atoms with Gasteiger partial charge in [-0.25, -0.2) is 31.2 Å². The van der Waals surface area contributed by atoms with E-state index in [2.05, 4.69) is 71.6 Å². The smallest absolute Gasteiger partial charge is 0.407 e. The number of methoxy groups -OCH3 is 2. The highest BCUT2D eigenvalue weighted by molar-refractivity contribution is 7.91. The van der Waals surface area contributed by atoms with E-state index in [0.29, 0.717) is 50.9 Å². The molecule has 14 rings (SSSR count). The topological polar surface area (TPSA) is 361 Å². The number of aliphatic carboxylic acids is 1. The van der Waals surface area contributed by atoms with Gasteiger partial charge in [0.15, 0.2) is 0 Å². The molecule has 29 heteroatoms. The monoisotopic (exact) mass is 1580 g/mol. The van der Waals surface area contributed by atoms with Gasteiger partial charge >= 0.3 is 18.2 Å². The van der Waals surface area contributed by atoms with E-state index in [1.807, 2.05) is 94.0 Å². The van der Waals surface area contributed by atoms with Gasteiger partial charge in [-0.05, 0) is 217 Å². The Hall–Kier alpha value is -7.86. The Morgan fingerprint density at radius 1 is 0.541 bits per heavy atom. The summed E-state index contributed by atoms with van der Waals surface area (Å²) >= 11 is 0. The number of rotatable bonds is 15. The molecule has 27 nitrogen and oxygen atoms in total. The number of amides is 7. The number of alkyl carbamates (subject to hydrolysis) is 2. The summed E-state index contributed by atoms with van der Waals surface area (Å²) < 4.78 is 76.8. The minimum Gasteiger partial charge on any atom is -0.480 e. The molecule has 4 aliphatic heterocycles. The predicted molar refractivity (Wildman–Crippen MR) is 421 cm³/mol. The SMILES string of the molecule is CO[C@@]12C[C@@H](C(=O)N[C@]3(C(=O)NS(=O)(=O)C4CC4)C[C@H]3C3CC3)N(C1)C(=O)[C@H](C(C)(C)C)NC(=O)OCCCCCCc1cc3cc2ccc3cc1N(C)C.CO[C@@]12C[C@@H](C(=O)O)N(C1)C(=O)[C@H](C(C)(C)C)NC(=O)OCCCCCCc1cc3cc2ccc3cc1N(C)C.N[C@]1(C(=O)NS(=O)(=O)C2CC2)C[C@H]1C1CC1. The molecule has 0 radical (unpaired) electrons. The van der Waals surface area contributed by atoms with Crippen LogP contribution < -0.4 is 40.9 Å². The van der Waals surface area contributed by atoms with Crippen LogP contribution in [-0.4, -0.2) is 194 Å². The van der Waals surface area contributed by atoms with Crippen molar-refractivity contribution in [3.05, 3.63) is 82.9 Å². The number of aryl methyl sites for hydroxylation is 2. The molecular weight excluding hydrogens is 1460 g/mol. The van der Waals surface area contributed by atoms with Crippen LogP contribution in [-0.2, 0) is 91.8 Å². The third-order valence-corrected chi connectivity index (χ3v) is 28.2.